The molecule has 3 heterocycles. The first-order valence-electron chi connectivity index (χ1n) is 42.8. The Morgan fingerprint density at radius 2 is 0.770 bits per heavy atom. The molecule has 6 aromatic carbocycles. The van der Waals surface area contributed by atoms with E-state index in [-0.39, 0.29) is 80.2 Å². The van der Waals surface area contributed by atoms with Crippen LogP contribution in [0.3, 0.4) is 0 Å². The molecule has 0 saturated carbocycles. The predicted octanol–water partition coefficient (Wildman–Crippen LogP) is 25.3. The molecule has 6 aliphatic rings. The van der Waals surface area contributed by atoms with Gasteiger partial charge in [0, 0.05) is 43.6 Å². The van der Waals surface area contributed by atoms with Gasteiger partial charge in [-0.25, -0.2) is 14.4 Å². The van der Waals surface area contributed by atoms with Gasteiger partial charge in [0.05, 0.1) is 31.8 Å². The molecule has 13 nitrogen and oxygen atoms in total. The van der Waals surface area contributed by atoms with Crippen molar-refractivity contribution in [1.29, 1.82) is 0 Å². The minimum absolute atomic E-state index is 0.0564. The van der Waals surface area contributed by atoms with Crippen molar-refractivity contribution in [3.8, 4) is 0 Å². The number of anilines is 3. The molecule has 4 amide bonds. The smallest absolute Gasteiger partial charge is 0.408 e. The Bertz CT molecular complexity index is 4170. The second-order valence-corrected chi connectivity index (χ2v) is 41.0. The van der Waals surface area contributed by atoms with Crippen LogP contribution in [-0.4, -0.2) is 63.1 Å². The van der Waals surface area contributed by atoms with Crippen molar-refractivity contribution in [2.24, 2.45) is 0 Å². The van der Waals surface area contributed by atoms with Crippen LogP contribution in [0.25, 0.3) is 0 Å². The van der Waals surface area contributed by atoms with Crippen LogP contribution in [0.2, 0.25) is 0 Å². The third-order valence-electron chi connectivity index (χ3n) is 23.2. The van der Waals surface area contributed by atoms with Crippen molar-refractivity contribution in [2.45, 2.75) is 357 Å². The number of benzene rings is 6. The molecule has 0 radical (unpaired) electrons. The van der Waals surface area contributed by atoms with Gasteiger partial charge in [0.1, 0.15) is 5.60 Å². The van der Waals surface area contributed by atoms with Crippen molar-refractivity contribution in [1.82, 2.24) is 16.0 Å². The van der Waals surface area contributed by atoms with E-state index in [2.05, 4.69) is 288 Å². The van der Waals surface area contributed by atoms with E-state index in [9.17, 15) is 19.2 Å². The second-order valence-electron chi connectivity index (χ2n) is 41.0. The first-order chi connectivity index (χ1) is 52.4. The highest BCUT2D eigenvalue weighted by molar-refractivity contribution is 5.93. The molecule has 0 fully saturated rings. The Morgan fingerprint density at radius 1 is 0.416 bits per heavy atom. The van der Waals surface area contributed by atoms with Crippen molar-refractivity contribution in [2.75, 3.05) is 48.9 Å². The van der Waals surface area contributed by atoms with Gasteiger partial charge in [-0.05, 0) is 275 Å². The summed E-state index contributed by atoms with van der Waals surface area (Å²) < 4.78 is 15.1. The van der Waals surface area contributed by atoms with E-state index in [1.54, 1.807) is 6.92 Å². The molecular formula is C100H150N6O7. The van der Waals surface area contributed by atoms with Crippen molar-refractivity contribution < 1.29 is 33.4 Å². The zero-order valence-electron chi connectivity index (χ0n) is 75.6. The molecule has 5 N–H and O–H groups in total. The summed E-state index contributed by atoms with van der Waals surface area (Å²) in [6.45, 7) is 62.1. The average Bonchev–Trinajstić information content (AvgIpc) is 1.71. The number of amides is 4. The van der Waals surface area contributed by atoms with Gasteiger partial charge in [-0.2, -0.15) is 0 Å². The highest BCUT2D eigenvalue weighted by atomic mass is 16.6. The lowest BCUT2D eigenvalue weighted by molar-refractivity contribution is -0.116. The molecule has 0 aromatic heterocycles. The molecule has 0 bridgehead atoms. The molecule has 0 spiro atoms. The predicted molar refractivity (Wildman–Crippen MR) is 475 cm³/mol. The number of methoxy groups -OCH3 is 1. The summed E-state index contributed by atoms with van der Waals surface area (Å²) in [4.78, 5) is 49.2. The Kier molecular flexibility index (Phi) is 31.3. The van der Waals surface area contributed by atoms with Gasteiger partial charge in [-0.15, -0.1) is 0 Å². The number of hydrogen-bond donors (Lipinski definition) is 5. The highest BCUT2D eigenvalue weighted by Crippen LogP contribution is 2.44. The van der Waals surface area contributed by atoms with E-state index < -0.39 is 5.60 Å². The standard InChI is InChI=1S/C19H29NO2.C18H27NO.C17H25NO2.C16H23NO2.C16H25N.C14H21N/c1-18(2,3)14-11-10-13-8-7-9-16(15(13)12-14)20-17(21)22-19(4,5)6;1-13(20)19-11-7-10-18(5,6)15-9-8-14(12-16(15)19)17(2,3)4;1-5-20-16(19)18-15-8-6-7-12-9-10-13(11-14(12)15)17(2,3)4;1-16(2,3)12-9-8-11-6-5-7-14(13(11)10-12)17-15(18)19-4;1-15(2,3)12-7-8-13-14(11-12)17-10-6-9-16(13,4)5;1-14(2,3)12-8-7-11-6-4-5-9-15-13(11)10-12/h10-12,16H,7-9H2,1-6H3,(H,20,21);8-9,12H,7,10-11H2,1-6H3;9-11,15H,5-8H2,1-4H3,(H,18,19);8-10,14H,5-7H2,1-4H3,(H,17,18);7-8,11,17H,6,9-10H2,1-5H3;7-8,10,15H,4-6,9H2,1-3H3. The monoisotopic (exact) mass is 1550 g/mol. The maximum Gasteiger partial charge on any atom is 0.408 e. The minimum atomic E-state index is -0.463. The number of rotatable bonds is 4. The van der Waals surface area contributed by atoms with Crippen LogP contribution in [0.15, 0.2) is 109 Å². The summed E-state index contributed by atoms with van der Waals surface area (Å²) >= 11 is 0. The normalized spacial score (nSPS) is 18.3. The van der Waals surface area contributed by atoms with E-state index in [0.29, 0.717) is 12.0 Å². The quantitative estimate of drug-likeness (QED) is 0.108. The largest absolute Gasteiger partial charge is 0.453 e. The zero-order chi connectivity index (χ0) is 84.0. The Morgan fingerprint density at radius 3 is 1.19 bits per heavy atom. The van der Waals surface area contributed by atoms with Gasteiger partial charge in [-0.1, -0.05) is 243 Å². The molecule has 113 heavy (non-hydrogen) atoms. The highest BCUT2D eigenvalue weighted by Gasteiger charge is 2.34. The van der Waals surface area contributed by atoms with E-state index >= 15 is 0 Å². The summed E-state index contributed by atoms with van der Waals surface area (Å²) in [5.74, 6) is 0.148. The maximum absolute atomic E-state index is 12.1. The minimum Gasteiger partial charge on any atom is -0.453 e. The van der Waals surface area contributed by atoms with Crippen molar-refractivity contribution in [3.05, 3.63) is 193 Å². The number of fused-ring (bicyclic) bond motifs is 6. The lowest BCUT2D eigenvalue weighted by atomic mass is 9.78. The van der Waals surface area contributed by atoms with Crippen LogP contribution in [0.5, 0.6) is 0 Å². The SMILES string of the molecule is CC(=O)N1CCCC(C)(C)c2ccc(C(C)(C)C)cc21.CC(C)(C)OC(=O)NC1CCCc2ccc(C(C)(C)C)cc21.CC(C)(C)c1ccc2c(c1)NCCCC2.CC(C)(C)c1ccc2c(c1)NCCCC2(C)C.CCOC(=O)NC1CCCc2ccc(C(C)(C)C)cc21.COC(=O)NC1CCCc2ccc(C(C)(C)C)cc21. The molecule has 6 aromatic rings. The third-order valence-corrected chi connectivity index (χ3v) is 23.2. The molecule has 3 unspecified atom stereocenters. The number of carbonyl (C=O) groups is 4. The van der Waals surface area contributed by atoms with Gasteiger partial charge in [0.25, 0.3) is 0 Å². The molecule has 3 atom stereocenters. The number of aryl methyl sites for hydroxylation is 4. The number of hydrogen-bond acceptors (Lipinski definition) is 9. The molecule has 13 heteroatoms. The van der Waals surface area contributed by atoms with Crippen molar-refractivity contribution in [3.63, 3.8) is 0 Å². The molecule has 12 rings (SSSR count). The number of nitrogens with zero attached hydrogens (tertiary/aromatic N) is 1. The number of carbonyl (C=O) groups excluding carboxylic acids is 4. The lowest BCUT2D eigenvalue weighted by Crippen LogP contribution is -2.36. The molecular weight excluding hydrogens is 1400 g/mol. The topological polar surface area (TPSA) is 159 Å². The van der Waals surface area contributed by atoms with Crippen LogP contribution in [0.4, 0.5) is 31.4 Å². The van der Waals surface area contributed by atoms with Gasteiger partial charge in [-0.3, -0.25) is 4.79 Å². The van der Waals surface area contributed by atoms with Gasteiger partial charge in [0.2, 0.25) is 5.91 Å². The van der Waals surface area contributed by atoms with Gasteiger partial charge >= 0.3 is 18.3 Å². The van der Waals surface area contributed by atoms with E-state index in [1.807, 2.05) is 32.6 Å². The van der Waals surface area contributed by atoms with Crippen LogP contribution < -0.4 is 31.5 Å². The zero-order valence-corrected chi connectivity index (χ0v) is 75.6. The average molecular weight is 1550 g/mol. The summed E-state index contributed by atoms with van der Waals surface area (Å²) in [5.41, 5.74) is 24.9. The van der Waals surface area contributed by atoms with E-state index in [4.69, 9.17) is 14.2 Å². The van der Waals surface area contributed by atoms with Gasteiger partial charge < -0.3 is 45.7 Å². The fraction of sp³-hybridized carbons (Fsp3) is 0.600. The van der Waals surface area contributed by atoms with E-state index in [0.717, 1.165) is 96.0 Å². The van der Waals surface area contributed by atoms with Gasteiger partial charge in [0.15, 0.2) is 0 Å². The summed E-state index contributed by atoms with van der Waals surface area (Å²) in [7, 11) is 1.41. The number of alkyl carbamates (subject to hydrolysis) is 3. The Balaban J connectivity index is 0.000000189. The first-order valence-corrected chi connectivity index (χ1v) is 42.8. The number of nitrogens with one attached hydrogen (secondary N) is 5. The fourth-order valence-electron chi connectivity index (χ4n) is 16.0. The van der Waals surface area contributed by atoms with Crippen molar-refractivity contribution >= 4 is 41.2 Å². The lowest BCUT2D eigenvalue weighted by Gasteiger charge is -2.30. The third kappa shape index (κ3) is 26.9. The Hall–Kier alpha value is -7.80. The maximum atomic E-state index is 12.1. The molecule has 622 valence electrons. The molecule has 0 saturated heterocycles. The summed E-state index contributed by atoms with van der Waals surface area (Å²) in [5, 5.41) is 16.1. The van der Waals surface area contributed by atoms with Crippen LogP contribution in [0, 0.1) is 0 Å². The van der Waals surface area contributed by atoms with Crippen LogP contribution in [0.1, 0.15) is 366 Å². The van der Waals surface area contributed by atoms with E-state index in [1.165, 1.54) is 134 Å². The number of ether oxygens (including phenoxy) is 3. The summed E-state index contributed by atoms with van der Waals surface area (Å²) in [6, 6.07) is 40.8. The summed E-state index contributed by atoms with van der Waals surface area (Å²) in [6.07, 6.45) is 17.1. The molecule has 3 aliphatic heterocycles. The second kappa shape index (κ2) is 38.3. The first kappa shape index (κ1) is 92.4. The van der Waals surface area contributed by atoms with Crippen LogP contribution in [-0.2, 0) is 88.0 Å². The van der Waals surface area contributed by atoms with Crippen LogP contribution >= 0.6 is 0 Å². The Labute approximate surface area is 685 Å². The fourth-order valence-corrected chi connectivity index (χ4v) is 16.0. The molecule has 3 aliphatic carbocycles.